The third-order valence-electron chi connectivity index (χ3n) is 3.48. The number of nitrogens with one attached hydrogen (secondary N) is 2. The van der Waals surface area contributed by atoms with E-state index in [1.807, 2.05) is 0 Å². The summed E-state index contributed by atoms with van der Waals surface area (Å²) in [6.45, 7) is 0.901. The molecular weight excluding hydrogens is 365 g/mol. The van der Waals surface area contributed by atoms with E-state index >= 15 is 0 Å². The summed E-state index contributed by atoms with van der Waals surface area (Å²) in [5.74, 6) is 0.830. The molecule has 0 saturated heterocycles. The molecule has 4 N–H and O–H groups in total. The van der Waals surface area contributed by atoms with Gasteiger partial charge in [-0.2, -0.15) is 9.78 Å². The van der Waals surface area contributed by atoms with Gasteiger partial charge in [-0.1, -0.05) is 12.1 Å². The van der Waals surface area contributed by atoms with Crippen molar-refractivity contribution >= 4 is 34.4 Å². The SMILES string of the molecule is N=C(N)n1nc(-c2ccc(I)cc2)c2c1NCCCC2. The molecule has 0 atom stereocenters. The Hall–Kier alpha value is -1.57. The van der Waals surface area contributed by atoms with E-state index in [1.165, 1.54) is 13.8 Å². The van der Waals surface area contributed by atoms with E-state index < -0.39 is 0 Å². The Bertz CT molecular complexity index is 644. The second-order valence-electron chi connectivity index (χ2n) is 4.86. The normalized spacial score (nSPS) is 14.2. The zero-order chi connectivity index (χ0) is 14.1. The van der Waals surface area contributed by atoms with Gasteiger partial charge in [0.15, 0.2) is 0 Å². The Kier molecular flexibility index (Phi) is 3.64. The number of hydrogen-bond donors (Lipinski definition) is 3. The van der Waals surface area contributed by atoms with Crippen molar-refractivity contribution < 1.29 is 0 Å². The van der Waals surface area contributed by atoms with Crippen LogP contribution in [0.5, 0.6) is 0 Å². The van der Waals surface area contributed by atoms with Crippen molar-refractivity contribution in [1.29, 1.82) is 5.41 Å². The smallest absolute Gasteiger partial charge is 0.215 e. The molecule has 0 aliphatic carbocycles. The third kappa shape index (κ3) is 2.39. The van der Waals surface area contributed by atoms with E-state index in [9.17, 15) is 0 Å². The summed E-state index contributed by atoms with van der Waals surface area (Å²) in [6.07, 6.45) is 3.22. The van der Waals surface area contributed by atoms with Crippen molar-refractivity contribution in [3.8, 4) is 11.3 Å². The Morgan fingerprint density at radius 1 is 1.30 bits per heavy atom. The molecule has 2 aromatic rings. The lowest BCUT2D eigenvalue weighted by Gasteiger charge is -2.06. The number of nitrogens with two attached hydrogens (primary N) is 1. The van der Waals surface area contributed by atoms with Crippen LogP contribution in [0.1, 0.15) is 18.4 Å². The second kappa shape index (κ2) is 5.43. The van der Waals surface area contributed by atoms with Gasteiger partial charge in [0, 0.05) is 21.2 Å². The van der Waals surface area contributed by atoms with Gasteiger partial charge < -0.3 is 11.1 Å². The fourth-order valence-corrected chi connectivity index (χ4v) is 2.88. The predicted octanol–water partition coefficient (Wildman–Crippen LogP) is 2.64. The highest BCUT2D eigenvalue weighted by Gasteiger charge is 2.21. The van der Waals surface area contributed by atoms with Gasteiger partial charge in [0.2, 0.25) is 5.96 Å². The molecule has 0 spiro atoms. The summed E-state index contributed by atoms with van der Waals surface area (Å²) < 4.78 is 2.70. The number of benzene rings is 1. The number of nitrogen functional groups attached to an aromatic ring is 1. The van der Waals surface area contributed by atoms with Crippen LogP contribution in [0.2, 0.25) is 0 Å². The molecule has 1 aromatic carbocycles. The molecule has 3 rings (SSSR count). The molecule has 0 unspecified atom stereocenters. The van der Waals surface area contributed by atoms with E-state index in [-0.39, 0.29) is 5.96 Å². The average molecular weight is 381 g/mol. The summed E-state index contributed by atoms with van der Waals surface area (Å²) in [5, 5.41) is 15.6. The molecule has 0 radical (unpaired) electrons. The van der Waals surface area contributed by atoms with Crippen molar-refractivity contribution in [2.45, 2.75) is 19.3 Å². The van der Waals surface area contributed by atoms with Gasteiger partial charge in [-0.15, -0.1) is 0 Å². The first-order valence-electron chi connectivity index (χ1n) is 6.63. The molecule has 1 aliphatic rings. The van der Waals surface area contributed by atoms with E-state index in [2.05, 4.69) is 57.3 Å². The second-order valence-corrected chi connectivity index (χ2v) is 6.11. The van der Waals surface area contributed by atoms with E-state index in [0.29, 0.717) is 0 Å². The van der Waals surface area contributed by atoms with Crippen LogP contribution in [0.25, 0.3) is 11.3 Å². The topological polar surface area (TPSA) is 79.7 Å². The van der Waals surface area contributed by atoms with Gasteiger partial charge in [-0.05, 0) is 54.0 Å². The lowest BCUT2D eigenvalue weighted by Crippen LogP contribution is -2.24. The van der Waals surface area contributed by atoms with E-state index in [4.69, 9.17) is 11.1 Å². The summed E-state index contributed by atoms with van der Waals surface area (Å²) in [7, 11) is 0. The van der Waals surface area contributed by atoms with Crippen molar-refractivity contribution in [2.24, 2.45) is 5.73 Å². The molecule has 1 aromatic heterocycles. The zero-order valence-corrected chi connectivity index (χ0v) is 13.1. The standard InChI is InChI=1S/C14H16IN5/c15-10-6-4-9(5-7-10)12-11-3-1-2-8-18-13(11)20(19-12)14(16)17/h4-7,18H,1-3,8H2,(H3,16,17). The number of halogens is 1. The predicted molar refractivity (Wildman–Crippen MR) is 89.1 cm³/mol. The van der Waals surface area contributed by atoms with Gasteiger partial charge in [0.1, 0.15) is 5.82 Å². The summed E-state index contributed by atoms with van der Waals surface area (Å²) in [5.41, 5.74) is 8.82. The molecule has 104 valence electrons. The maximum absolute atomic E-state index is 7.69. The fraction of sp³-hybridized carbons (Fsp3) is 0.286. The van der Waals surface area contributed by atoms with Crippen LogP contribution in [0.4, 0.5) is 5.82 Å². The van der Waals surface area contributed by atoms with Gasteiger partial charge in [-0.25, -0.2) is 0 Å². The first kappa shape index (κ1) is 13.4. The van der Waals surface area contributed by atoms with Crippen molar-refractivity contribution in [3.05, 3.63) is 33.4 Å². The van der Waals surface area contributed by atoms with Gasteiger partial charge in [0.05, 0.1) is 5.69 Å². The summed E-state index contributed by atoms with van der Waals surface area (Å²) in [4.78, 5) is 0. The molecule has 0 amide bonds. The summed E-state index contributed by atoms with van der Waals surface area (Å²) in [6, 6.07) is 8.28. The van der Waals surface area contributed by atoms with Crippen LogP contribution in [-0.2, 0) is 6.42 Å². The number of rotatable bonds is 1. The van der Waals surface area contributed by atoms with Crippen molar-refractivity contribution in [1.82, 2.24) is 9.78 Å². The lowest BCUT2D eigenvalue weighted by atomic mass is 10.0. The van der Waals surface area contributed by atoms with Crippen molar-refractivity contribution in [3.63, 3.8) is 0 Å². The van der Waals surface area contributed by atoms with Gasteiger partial charge in [0.25, 0.3) is 0 Å². The van der Waals surface area contributed by atoms with Crippen molar-refractivity contribution in [2.75, 3.05) is 11.9 Å². The van der Waals surface area contributed by atoms with Crippen LogP contribution >= 0.6 is 22.6 Å². The highest BCUT2D eigenvalue weighted by Crippen LogP contribution is 2.32. The molecule has 0 fully saturated rings. The number of fused-ring (bicyclic) bond motifs is 1. The number of hydrogen-bond acceptors (Lipinski definition) is 3. The quantitative estimate of drug-likeness (QED) is 0.404. The monoisotopic (exact) mass is 381 g/mol. The van der Waals surface area contributed by atoms with Crippen LogP contribution in [-0.4, -0.2) is 22.3 Å². The third-order valence-corrected chi connectivity index (χ3v) is 4.19. The highest BCUT2D eigenvalue weighted by atomic mass is 127. The molecular formula is C14H16IN5. The fourth-order valence-electron chi connectivity index (χ4n) is 2.52. The van der Waals surface area contributed by atoms with Crippen LogP contribution < -0.4 is 11.1 Å². The number of anilines is 1. The molecule has 6 heteroatoms. The largest absolute Gasteiger partial charge is 0.370 e. The highest BCUT2D eigenvalue weighted by molar-refractivity contribution is 14.1. The molecule has 5 nitrogen and oxygen atoms in total. The van der Waals surface area contributed by atoms with Crippen LogP contribution in [0, 0.1) is 8.98 Å². The maximum atomic E-state index is 7.69. The zero-order valence-electron chi connectivity index (χ0n) is 11.0. The van der Waals surface area contributed by atoms with E-state index in [1.54, 1.807) is 0 Å². The van der Waals surface area contributed by atoms with E-state index in [0.717, 1.165) is 42.9 Å². The van der Waals surface area contributed by atoms with Gasteiger partial charge in [-0.3, -0.25) is 5.41 Å². The van der Waals surface area contributed by atoms with Crippen LogP contribution in [0.15, 0.2) is 24.3 Å². The molecule has 0 saturated carbocycles. The Labute approximate surface area is 131 Å². The minimum Gasteiger partial charge on any atom is -0.370 e. The number of nitrogens with zero attached hydrogens (tertiary/aromatic N) is 2. The Morgan fingerprint density at radius 3 is 2.75 bits per heavy atom. The first-order chi connectivity index (χ1) is 9.66. The molecule has 1 aliphatic heterocycles. The summed E-state index contributed by atoms with van der Waals surface area (Å²) >= 11 is 2.29. The lowest BCUT2D eigenvalue weighted by molar-refractivity contribution is 0.781. The Morgan fingerprint density at radius 2 is 2.05 bits per heavy atom. The Balaban J connectivity index is 2.15. The number of aromatic nitrogens is 2. The average Bonchev–Trinajstić information content (AvgIpc) is 2.63. The minimum atomic E-state index is -0.0487. The molecule has 0 bridgehead atoms. The van der Waals surface area contributed by atoms with Crippen LogP contribution in [0.3, 0.4) is 0 Å². The first-order valence-corrected chi connectivity index (χ1v) is 7.71. The molecule has 20 heavy (non-hydrogen) atoms. The minimum absolute atomic E-state index is 0.0487. The molecule has 2 heterocycles. The maximum Gasteiger partial charge on any atom is 0.215 e. The van der Waals surface area contributed by atoms with Gasteiger partial charge >= 0.3 is 0 Å².